The summed E-state index contributed by atoms with van der Waals surface area (Å²) in [6.45, 7) is 4.02. The molecule has 106 valence electrons. The summed E-state index contributed by atoms with van der Waals surface area (Å²) >= 11 is 0. The first-order valence-corrected chi connectivity index (χ1v) is 6.27. The fourth-order valence-electron chi connectivity index (χ4n) is 1.63. The predicted molar refractivity (Wildman–Crippen MR) is 74.3 cm³/mol. The van der Waals surface area contributed by atoms with Crippen molar-refractivity contribution in [2.45, 2.75) is 13.5 Å². The largest absolute Gasteiger partial charge is 0.496 e. The zero-order valence-electron chi connectivity index (χ0n) is 11.8. The van der Waals surface area contributed by atoms with Crippen LogP contribution in [0.1, 0.15) is 11.1 Å². The van der Waals surface area contributed by atoms with E-state index in [-0.39, 0.29) is 12.5 Å². The highest BCUT2D eigenvalue weighted by Crippen LogP contribution is 2.19. The van der Waals surface area contributed by atoms with Crippen molar-refractivity contribution in [3.05, 3.63) is 29.3 Å². The summed E-state index contributed by atoms with van der Waals surface area (Å²) in [6.07, 6.45) is 0. The molecule has 0 saturated carbocycles. The minimum atomic E-state index is -0.0428. The molecule has 0 spiro atoms. The van der Waals surface area contributed by atoms with Gasteiger partial charge < -0.3 is 20.1 Å². The van der Waals surface area contributed by atoms with Crippen LogP contribution < -0.4 is 15.4 Å². The molecule has 0 fully saturated rings. The average Bonchev–Trinajstić information content (AvgIpc) is 2.42. The molecule has 0 radical (unpaired) electrons. The maximum absolute atomic E-state index is 11.6. The SMILES string of the molecule is COCCNCC(=O)NCc1ccc(C)cc1OC. The molecule has 5 heteroatoms. The molecule has 5 nitrogen and oxygen atoms in total. The Morgan fingerprint density at radius 3 is 2.79 bits per heavy atom. The van der Waals surface area contributed by atoms with Gasteiger partial charge in [0.05, 0.1) is 20.3 Å². The first-order chi connectivity index (χ1) is 9.17. The minimum Gasteiger partial charge on any atom is -0.496 e. The summed E-state index contributed by atoms with van der Waals surface area (Å²) in [4.78, 5) is 11.6. The van der Waals surface area contributed by atoms with Crippen molar-refractivity contribution in [2.75, 3.05) is 33.9 Å². The standard InChI is InChI=1S/C14H22N2O3/c1-11-4-5-12(13(8-11)19-3)9-16-14(17)10-15-6-7-18-2/h4-5,8,15H,6-7,9-10H2,1-3H3,(H,16,17). The third-order valence-electron chi connectivity index (χ3n) is 2.69. The van der Waals surface area contributed by atoms with Gasteiger partial charge in [0.1, 0.15) is 5.75 Å². The molecular formula is C14H22N2O3. The maximum Gasteiger partial charge on any atom is 0.234 e. The van der Waals surface area contributed by atoms with Crippen molar-refractivity contribution in [3.63, 3.8) is 0 Å². The minimum absolute atomic E-state index is 0.0428. The van der Waals surface area contributed by atoms with E-state index in [2.05, 4.69) is 10.6 Å². The topological polar surface area (TPSA) is 59.6 Å². The maximum atomic E-state index is 11.6. The number of ether oxygens (including phenoxy) is 2. The molecule has 0 aliphatic rings. The normalized spacial score (nSPS) is 10.3. The lowest BCUT2D eigenvalue weighted by Gasteiger charge is -2.11. The summed E-state index contributed by atoms with van der Waals surface area (Å²) in [5.41, 5.74) is 2.10. The lowest BCUT2D eigenvalue weighted by molar-refractivity contribution is -0.120. The second-order valence-electron chi connectivity index (χ2n) is 4.26. The number of amides is 1. The molecule has 1 amide bonds. The summed E-state index contributed by atoms with van der Waals surface area (Å²) in [5.74, 6) is 0.756. The van der Waals surface area contributed by atoms with E-state index >= 15 is 0 Å². The number of methoxy groups -OCH3 is 2. The van der Waals surface area contributed by atoms with Crippen LogP contribution in [-0.2, 0) is 16.1 Å². The Morgan fingerprint density at radius 1 is 1.32 bits per heavy atom. The van der Waals surface area contributed by atoms with Gasteiger partial charge in [-0.3, -0.25) is 4.79 Å². The second kappa shape index (κ2) is 8.50. The Kier molecular flexibility index (Phi) is 6.92. The van der Waals surface area contributed by atoms with Crippen LogP contribution in [0.25, 0.3) is 0 Å². The Hall–Kier alpha value is -1.59. The molecular weight excluding hydrogens is 244 g/mol. The molecule has 0 aliphatic carbocycles. The average molecular weight is 266 g/mol. The van der Waals surface area contributed by atoms with Crippen molar-refractivity contribution in [2.24, 2.45) is 0 Å². The number of benzene rings is 1. The lowest BCUT2D eigenvalue weighted by Crippen LogP contribution is -2.34. The van der Waals surface area contributed by atoms with Crippen molar-refractivity contribution in [3.8, 4) is 5.75 Å². The smallest absolute Gasteiger partial charge is 0.234 e. The number of carbonyl (C=O) groups is 1. The van der Waals surface area contributed by atoms with E-state index in [1.165, 1.54) is 0 Å². The van der Waals surface area contributed by atoms with Crippen molar-refractivity contribution >= 4 is 5.91 Å². The van der Waals surface area contributed by atoms with Gasteiger partial charge in [-0.05, 0) is 18.6 Å². The molecule has 0 bridgehead atoms. The number of nitrogens with one attached hydrogen (secondary N) is 2. The number of carbonyl (C=O) groups excluding carboxylic acids is 1. The van der Waals surface area contributed by atoms with Crippen LogP contribution in [0.3, 0.4) is 0 Å². The van der Waals surface area contributed by atoms with Gasteiger partial charge in [0.2, 0.25) is 5.91 Å². The molecule has 0 heterocycles. The highest BCUT2D eigenvalue weighted by molar-refractivity contribution is 5.78. The van der Waals surface area contributed by atoms with Gasteiger partial charge >= 0.3 is 0 Å². The molecule has 19 heavy (non-hydrogen) atoms. The second-order valence-corrected chi connectivity index (χ2v) is 4.26. The molecule has 1 aromatic carbocycles. The number of rotatable bonds is 8. The predicted octanol–water partition coefficient (Wildman–Crippen LogP) is 0.856. The van der Waals surface area contributed by atoms with Gasteiger partial charge in [-0.2, -0.15) is 0 Å². The van der Waals surface area contributed by atoms with Crippen LogP contribution in [0.2, 0.25) is 0 Å². The highest BCUT2D eigenvalue weighted by Gasteiger charge is 2.05. The van der Waals surface area contributed by atoms with Crippen LogP contribution in [0, 0.1) is 6.92 Å². The van der Waals surface area contributed by atoms with Gasteiger partial charge in [0.25, 0.3) is 0 Å². The highest BCUT2D eigenvalue weighted by atomic mass is 16.5. The van der Waals surface area contributed by atoms with Crippen LogP contribution in [0.4, 0.5) is 0 Å². The van der Waals surface area contributed by atoms with Crippen LogP contribution >= 0.6 is 0 Å². The molecule has 0 saturated heterocycles. The third kappa shape index (κ3) is 5.72. The zero-order chi connectivity index (χ0) is 14.1. The van der Waals surface area contributed by atoms with E-state index < -0.39 is 0 Å². The summed E-state index contributed by atoms with van der Waals surface area (Å²) in [5, 5.41) is 5.84. The lowest BCUT2D eigenvalue weighted by atomic mass is 10.1. The molecule has 2 N–H and O–H groups in total. The van der Waals surface area contributed by atoms with E-state index in [9.17, 15) is 4.79 Å². The van der Waals surface area contributed by atoms with Crippen LogP contribution in [0.5, 0.6) is 5.75 Å². The summed E-state index contributed by atoms with van der Waals surface area (Å²) < 4.78 is 10.2. The van der Waals surface area contributed by atoms with Crippen molar-refractivity contribution < 1.29 is 14.3 Å². The first-order valence-electron chi connectivity index (χ1n) is 6.27. The number of hydrogen-bond donors (Lipinski definition) is 2. The zero-order valence-corrected chi connectivity index (χ0v) is 11.8. The summed E-state index contributed by atoms with van der Waals surface area (Å²) in [7, 11) is 3.26. The fraction of sp³-hybridized carbons (Fsp3) is 0.500. The van der Waals surface area contributed by atoms with E-state index in [0.717, 1.165) is 16.9 Å². The van der Waals surface area contributed by atoms with Gasteiger partial charge in [0.15, 0.2) is 0 Å². The number of hydrogen-bond acceptors (Lipinski definition) is 4. The molecule has 0 aliphatic heterocycles. The molecule has 0 atom stereocenters. The Labute approximate surface area is 114 Å². The van der Waals surface area contributed by atoms with Crippen molar-refractivity contribution in [1.29, 1.82) is 0 Å². The molecule has 0 aromatic heterocycles. The monoisotopic (exact) mass is 266 g/mol. The van der Waals surface area contributed by atoms with E-state index in [1.807, 2.05) is 25.1 Å². The molecule has 1 rings (SSSR count). The molecule has 0 unspecified atom stereocenters. The van der Waals surface area contributed by atoms with Gasteiger partial charge in [-0.15, -0.1) is 0 Å². The van der Waals surface area contributed by atoms with Gasteiger partial charge in [0, 0.05) is 25.8 Å². The summed E-state index contributed by atoms with van der Waals surface area (Å²) in [6, 6.07) is 5.92. The van der Waals surface area contributed by atoms with E-state index in [0.29, 0.717) is 19.7 Å². The van der Waals surface area contributed by atoms with Gasteiger partial charge in [-0.25, -0.2) is 0 Å². The van der Waals surface area contributed by atoms with E-state index in [1.54, 1.807) is 14.2 Å². The van der Waals surface area contributed by atoms with Crippen LogP contribution in [-0.4, -0.2) is 39.8 Å². The Morgan fingerprint density at radius 2 is 2.11 bits per heavy atom. The number of aryl methyl sites for hydroxylation is 1. The molecule has 1 aromatic rings. The quantitative estimate of drug-likeness (QED) is 0.685. The fourth-order valence-corrected chi connectivity index (χ4v) is 1.63. The van der Waals surface area contributed by atoms with Crippen LogP contribution in [0.15, 0.2) is 18.2 Å². The third-order valence-corrected chi connectivity index (χ3v) is 2.69. The Balaban J connectivity index is 2.37. The van der Waals surface area contributed by atoms with Gasteiger partial charge in [-0.1, -0.05) is 12.1 Å². The first kappa shape index (κ1) is 15.5. The van der Waals surface area contributed by atoms with E-state index in [4.69, 9.17) is 9.47 Å². The Bertz CT molecular complexity index is 408. The van der Waals surface area contributed by atoms with Crippen molar-refractivity contribution in [1.82, 2.24) is 10.6 Å².